The minimum Gasteiger partial charge on any atom is -0.493 e. The molecule has 31 heavy (non-hydrogen) atoms. The van der Waals surface area contributed by atoms with Crippen LogP contribution < -0.4 is 19.7 Å². The minimum atomic E-state index is -0.0191. The predicted molar refractivity (Wildman–Crippen MR) is 122 cm³/mol. The van der Waals surface area contributed by atoms with Gasteiger partial charge in [-0.3, -0.25) is 4.79 Å². The average Bonchev–Trinajstić information content (AvgIpc) is 3.19. The summed E-state index contributed by atoms with van der Waals surface area (Å²) in [6, 6.07) is 16.3. The number of aromatic nitrogens is 1. The number of hydrogen-bond acceptors (Lipinski definition) is 5. The number of aryl methyl sites for hydroxylation is 1. The summed E-state index contributed by atoms with van der Waals surface area (Å²) in [7, 11) is 3.22. The van der Waals surface area contributed by atoms with Crippen LogP contribution in [0.3, 0.4) is 0 Å². The fraction of sp³-hybridized carbons (Fsp3) is 0.333. The van der Waals surface area contributed by atoms with Crippen molar-refractivity contribution in [3.05, 3.63) is 70.2 Å². The molecule has 1 aliphatic heterocycles. The standard InChI is InChI=1S/C24H27N3O3S/c1-29-20-10-8-17(14-21(20)30-2)9-11-23(28)26-24-25-19-12-13-27(16-22(19)31-24)15-18-6-4-3-5-7-18/h3-8,10,14H,9,11-13,15-16H2,1-2H3,(H,25,26,28)/p+1. The first-order valence-corrected chi connectivity index (χ1v) is 11.3. The molecule has 0 fully saturated rings. The van der Waals surface area contributed by atoms with Crippen LogP contribution in [-0.4, -0.2) is 31.7 Å². The number of carbonyl (C=O) groups is 1. The molecule has 0 aliphatic carbocycles. The maximum Gasteiger partial charge on any atom is 0.226 e. The molecule has 1 atom stereocenters. The van der Waals surface area contributed by atoms with Crippen molar-refractivity contribution < 1.29 is 19.2 Å². The van der Waals surface area contributed by atoms with Gasteiger partial charge in [-0.05, 0) is 24.1 Å². The molecule has 0 spiro atoms. The number of rotatable bonds is 8. The van der Waals surface area contributed by atoms with E-state index in [0.717, 1.165) is 37.3 Å². The molecule has 162 valence electrons. The van der Waals surface area contributed by atoms with Gasteiger partial charge in [0.15, 0.2) is 16.6 Å². The number of thiazole rings is 1. The highest BCUT2D eigenvalue weighted by Gasteiger charge is 2.24. The normalized spacial score (nSPS) is 15.2. The number of hydrogen-bond donors (Lipinski definition) is 2. The van der Waals surface area contributed by atoms with E-state index in [4.69, 9.17) is 9.47 Å². The van der Waals surface area contributed by atoms with Gasteiger partial charge in [-0.15, -0.1) is 0 Å². The Morgan fingerprint density at radius 2 is 1.90 bits per heavy atom. The van der Waals surface area contributed by atoms with Crippen molar-refractivity contribution >= 4 is 22.4 Å². The number of carbonyl (C=O) groups excluding carboxylic acids is 1. The predicted octanol–water partition coefficient (Wildman–Crippen LogP) is 2.87. The molecule has 2 N–H and O–H groups in total. The van der Waals surface area contributed by atoms with Gasteiger partial charge in [-0.2, -0.15) is 0 Å². The number of amides is 1. The van der Waals surface area contributed by atoms with Crippen LogP contribution in [0.2, 0.25) is 0 Å². The van der Waals surface area contributed by atoms with E-state index >= 15 is 0 Å². The van der Waals surface area contributed by atoms with Crippen LogP contribution >= 0.6 is 11.3 Å². The Balaban J connectivity index is 1.31. The van der Waals surface area contributed by atoms with Gasteiger partial charge < -0.3 is 19.7 Å². The minimum absolute atomic E-state index is 0.0191. The van der Waals surface area contributed by atoms with E-state index in [1.807, 2.05) is 18.2 Å². The van der Waals surface area contributed by atoms with Crippen molar-refractivity contribution in [1.29, 1.82) is 0 Å². The lowest BCUT2D eigenvalue weighted by Gasteiger charge is -2.22. The molecule has 1 unspecified atom stereocenters. The van der Waals surface area contributed by atoms with E-state index in [2.05, 4.69) is 40.6 Å². The monoisotopic (exact) mass is 438 g/mol. The Morgan fingerprint density at radius 1 is 1.10 bits per heavy atom. The molecular formula is C24H28N3O3S+. The second kappa shape index (κ2) is 9.94. The van der Waals surface area contributed by atoms with E-state index < -0.39 is 0 Å². The quantitative estimate of drug-likeness (QED) is 0.568. The highest BCUT2D eigenvalue weighted by atomic mass is 32.1. The van der Waals surface area contributed by atoms with E-state index in [-0.39, 0.29) is 5.91 Å². The van der Waals surface area contributed by atoms with Crippen LogP contribution in [0.4, 0.5) is 5.13 Å². The Hall–Kier alpha value is -2.90. The lowest BCUT2D eigenvalue weighted by Crippen LogP contribution is -3.10. The summed E-state index contributed by atoms with van der Waals surface area (Å²) >= 11 is 1.61. The number of nitrogens with zero attached hydrogens (tertiary/aromatic N) is 1. The summed E-state index contributed by atoms with van der Waals surface area (Å²) < 4.78 is 10.6. The van der Waals surface area contributed by atoms with Crippen molar-refractivity contribution in [2.75, 3.05) is 26.1 Å². The summed E-state index contributed by atoms with van der Waals surface area (Å²) in [5, 5.41) is 3.70. The lowest BCUT2D eigenvalue weighted by molar-refractivity contribution is -0.929. The van der Waals surface area contributed by atoms with Crippen molar-refractivity contribution in [1.82, 2.24) is 4.98 Å². The number of benzene rings is 2. The van der Waals surface area contributed by atoms with Crippen LogP contribution in [-0.2, 0) is 30.7 Å². The highest BCUT2D eigenvalue weighted by Crippen LogP contribution is 2.28. The lowest BCUT2D eigenvalue weighted by atomic mass is 10.1. The van der Waals surface area contributed by atoms with Crippen LogP contribution in [0.15, 0.2) is 48.5 Å². The first-order chi connectivity index (χ1) is 15.1. The van der Waals surface area contributed by atoms with Crippen molar-refractivity contribution in [2.45, 2.75) is 32.4 Å². The van der Waals surface area contributed by atoms with E-state index in [1.54, 1.807) is 25.6 Å². The van der Waals surface area contributed by atoms with Crippen LogP contribution in [0.5, 0.6) is 11.5 Å². The Labute approximate surface area is 186 Å². The second-order valence-electron chi connectivity index (χ2n) is 7.72. The van der Waals surface area contributed by atoms with Gasteiger partial charge in [-0.1, -0.05) is 47.7 Å². The average molecular weight is 439 g/mol. The first-order valence-electron chi connectivity index (χ1n) is 10.5. The largest absolute Gasteiger partial charge is 0.493 e. The third-order valence-corrected chi connectivity index (χ3v) is 6.55. The molecule has 3 aromatic rings. The fourth-order valence-electron chi connectivity index (χ4n) is 3.89. The van der Waals surface area contributed by atoms with Gasteiger partial charge in [0.1, 0.15) is 13.1 Å². The molecule has 0 saturated heterocycles. The van der Waals surface area contributed by atoms with Gasteiger partial charge in [0, 0.05) is 18.4 Å². The molecule has 2 heterocycles. The maximum atomic E-state index is 12.5. The zero-order valence-electron chi connectivity index (χ0n) is 17.9. The highest BCUT2D eigenvalue weighted by molar-refractivity contribution is 7.15. The van der Waals surface area contributed by atoms with Gasteiger partial charge in [0.05, 0.1) is 31.3 Å². The number of quaternary nitrogens is 1. The molecule has 0 radical (unpaired) electrons. The number of methoxy groups -OCH3 is 2. The third kappa shape index (κ3) is 5.42. The Bertz CT molecular complexity index is 1040. The van der Waals surface area contributed by atoms with Gasteiger partial charge in [0.2, 0.25) is 5.91 Å². The smallest absolute Gasteiger partial charge is 0.226 e. The third-order valence-electron chi connectivity index (χ3n) is 5.54. The molecule has 1 aliphatic rings. The van der Waals surface area contributed by atoms with E-state index in [0.29, 0.717) is 29.5 Å². The number of fused-ring (bicyclic) bond motifs is 1. The number of anilines is 1. The molecule has 7 heteroatoms. The fourth-order valence-corrected chi connectivity index (χ4v) is 4.99. The molecule has 6 nitrogen and oxygen atoms in total. The summed E-state index contributed by atoms with van der Waals surface area (Å²) in [5.41, 5.74) is 3.53. The van der Waals surface area contributed by atoms with Gasteiger partial charge in [0.25, 0.3) is 0 Å². The molecule has 1 aromatic heterocycles. The number of ether oxygens (including phenoxy) is 2. The molecule has 0 bridgehead atoms. The van der Waals surface area contributed by atoms with Crippen molar-refractivity contribution in [3.8, 4) is 11.5 Å². The molecule has 2 aromatic carbocycles. The molecule has 4 rings (SSSR count). The molecule has 0 saturated carbocycles. The van der Waals surface area contributed by atoms with E-state index in [9.17, 15) is 4.79 Å². The topological polar surface area (TPSA) is 64.9 Å². The van der Waals surface area contributed by atoms with Crippen molar-refractivity contribution in [2.24, 2.45) is 0 Å². The maximum absolute atomic E-state index is 12.5. The zero-order chi connectivity index (χ0) is 21.6. The summed E-state index contributed by atoms with van der Waals surface area (Å²) in [6.45, 7) is 3.05. The van der Waals surface area contributed by atoms with Gasteiger partial charge in [-0.25, -0.2) is 4.98 Å². The Morgan fingerprint density at radius 3 is 2.68 bits per heavy atom. The van der Waals surface area contributed by atoms with E-state index in [1.165, 1.54) is 15.3 Å². The SMILES string of the molecule is COc1ccc(CCC(=O)Nc2nc3c(s2)C[NH+](Cc2ccccc2)CC3)cc1OC. The van der Waals surface area contributed by atoms with Crippen LogP contribution in [0.1, 0.15) is 28.1 Å². The van der Waals surface area contributed by atoms with Crippen LogP contribution in [0.25, 0.3) is 0 Å². The zero-order valence-corrected chi connectivity index (χ0v) is 18.8. The van der Waals surface area contributed by atoms with Crippen molar-refractivity contribution in [3.63, 3.8) is 0 Å². The Kier molecular flexibility index (Phi) is 6.84. The second-order valence-corrected chi connectivity index (χ2v) is 8.80. The molecule has 1 amide bonds. The molecular weight excluding hydrogens is 410 g/mol. The van der Waals surface area contributed by atoms with Crippen LogP contribution in [0, 0.1) is 0 Å². The van der Waals surface area contributed by atoms with Gasteiger partial charge >= 0.3 is 0 Å². The first kappa shape index (κ1) is 21.3. The summed E-state index contributed by atoms with van der Waals surface area (Å²) in [6.07, 6.45) is 1.98. The summed E-state index contributed by atoms with van der Waals surface area (Å²) in [5.74, 6) is 1.34. The number of nitrogens with one attached hydrogen (secondary N) is 2. The summed E-state index contributed by atoms with van der Waals surface area (Å²) in [4.78, 5) is 20.0.